The van der Waals surface area contributed by atoms with Crippen LogP contribution in [0.4, 0.5) is 0 Å². The molecule has 1 aromatic heterocycles. The molecule has 0 aliphatic heterocycles. The molecule has 0 bridgehead atoms. The zero-order valence-electron chi connectivity index (χ0n) is 7.29. The van der Waals surface area contributed by atoms with Crippen molar-refractivity contribution in [2.45, 2.75) is 38.6 Å². The Morgan fingerprint density at radius 1 is 1.50 bits per heavy atom. The topological polar surface area (TPSA) is 30.7 Å². The number of rotatable bonds is 2. The van der Waals surface area contributed by atoms with E-state index in [0.29, 0.717) is 12.0 Å². The van der Waals surface area contributed by atoms with Gasteiger partial charge in [0.1, 0.15) is 5.82 Å². The fourth-order valence-corrected chi connectivity index (χ4v) is 1.66. The van der Waals surface area contributed by atoms with Crippen LogP contribution in [0.1, 0.15) is 44.5 Å². The van der Waals surface area contributed by atoms with E-state index in [0.717, 1.165) is 10.6 Å². The third kappa shape index (κ3) is 1.40. The van der Waals surface area contributed by atoms with Gasteiger partial charge in [-0.25, -0.2) is 9.67 Å². The highest BCUT2D eigenvalue weighted by Gasteiger charge is 2.30. The van der Waals surface area contributed by atoms with Gasteiger partial charge in [-0.2, -0.15) is 0 Å². The third-order valence-corrected chi connectivity index (χ3v) is 2.40. The highest BCUT2D eigenvalue weighted by molar-refractivity contribution is 9.10. The second-order valence-electron chi connectivity index (χ2n) is 3.55. The van der Waals surface area contributed by atoms with Crippen molar-refractivity contribution in [1.82, 2.24) is 14.8 Å². The molecule has 0 aromatic carbocycles. The van der Waals surface area contributed by atoms with E-state index >= 15 is 0 Å². The molecule has 1 aliphatic carbocycles. The summed E-state index contributed by atoms with van der Waals surface area (Å²) in [5.74, 6) is 1.82. The van der Waals surface area contributed by atoms with Crippen molar-refractivity contribution in [1.29, 1.82) is 0 Å². The first-order chi connectivity index (χ1) is 5.68. The van der Waals surface area contributed by atoms with Crippen LogP contribution in [0.3, 0.4) is 0 Å². The minimum Gasteiger partial charge on any atom is -0.246 e. The summed E-state index contributed by atoms with van der Waals surface area (Å²) in [6.45, 7) is 4.26. The normalized spacial score (nSPS) is 17.3. The van der Waals surface area contributed by atoms with E-state index in [1.54, 1.807) is 0 Å². The van der Waals surface area contributed by atoms with Gasteiger partial charge in [-0.1, -0.05) is 0 Å². The Hall–Kier alpha value is -0.380. The van der Waals surface area contributed by atoms with E-state index in [9.17, 15) is 0 Å². The first-order valence-corrected chi connectivity index (χ1v) is 5.09. The first-order valence-electron chi connectivity index (χ1n) is 4.30. The lowest BCUT2D eigenvalue weighted by atomic mass is 10.3. The maximum atomic E-state index is 4.36. The quantitative estimate of drug-likeness (QED) is 0.781. The molecule has 4 heteroatoms. The molecule has 0 radical (unpaired) electrons. The fourth-order valence-electron chi connectivity index (χ4n) is 1.31. The molecule has 0 unspecified atom stereocenters. The van der Waals surface area contributed by atoms with Crippen molar-refractivity contribution >= 4 is 15.9 Å². The molecule has 2 rings (SSSR count). The van der Waals surface area contributed by atoms with Crippen molar-refractivity contribution in [3.8, 4) is 0 Å². The molecular formula is C8H12BrN3. The van der Waals surface area contributed by atoms with Crippen LogP contribution in [-0.2, 0) is 0 Å². The number of hydrogen-bond acceptors (Lipinski definition) is 2. The van der Waals surface area contributed by atoms with E-state index in [-0.39, 0.29) is 0 Å². The van der Waals surface area contributed by atoms with Gasteiger partial charge in [0.15, 0.2) is 0 Å². The lowest BCUT2D eigenvalue weighted by molar-refractivity contribution is 0.504. The van der Waals surface area contributed by atoms with Gasteiger partial charge in [-0.15, -0.1) is 5.10 Å². The van der Waals surface area contributed by atoms with Crippen LogP contribution in [-0.4, -0.2) is 14.8 Å². The molecular weight excluding hydrogens is 218 g/mol. The number of hydrogen-bond donors (Lipinski definition) is 0. The molecule has 0 N–H and O–H groups in total. The summed E-state index contributed by atoms with van der Waals surface area (Å²) in [4.78, 5) is 4.36. The predicted molar refractivity (Wildman–Crippen MR) is 50.1 cm³/mol. The van der Waals surface area contributed by atoms with Crippen LogP contribution in [0.2, 0.25) is 0 Å². The molecule has 1 heterocycles. The summed E-state index contributed by atoms with van der Waals surface area (Å²) in [6.07, 6.45) is 2.55. The molecule has 66 valence electrons. The van der Waals surface area contributed by atoms with Gasteiger partial charge in [0.2, 0.25) is 4.73 Å². The number of halogens is 1. The summed E-state index contributed by atoms with van der Waals surface area (Å²) in [5.41, 5.74) is 0. The zero-order valence-corrected chi connectivity index (χ0v) is 8.87. The lowest BCUT2D eigenvalue weighted by Gasteiger charge is -2.07. The average Bonchev–Trinajstić information content (AvgIpc) is 2.75. The van der Waals surface area contributed by atoms with Gasteiger partial charge < -0.3 is 0 Å². The largest absolute Gasteiger partial charge is 0.246 e. The number of aromatic nitrogens is 3. The van der Waals surface area contributed by atoms with Gasteiger partial charge >= 0.3 is 0 Å². The standard InChI is InChI=1S/C8H12BrN3/c1-5(2)12-7(6-3-4-6)10-8(9)11-12/h5-6H,3-4H2,1-2H3. The predicted octanol–water partition coefficient (Wildman–Crippen LogP) is 2.50. The van der Waals surface area contributed by atoms with Crippen molar-refractivity contribution in [3.63, 3.8) is 0 Å². The molecule has 3 nitrogen and oxygen atoms in total. The third-order valence-electron chi connectivity index (χ3n) is 2.06. The molecule has 12 heavy (non-hydrogen) atoms. The molecule has 0 spiro atoms. The van der Waals surface area contributed by atoms with Crippen LogP contribution >= 0.6 is 15.9 Å². The Balaban J connectivity index is 2.36. The number of nitrogens with zero attached hydrogens (tertiary/aromatic N) is 3. The monoisotopic (exact) mass is 229 g/mol. The van der Waals surface area contributed by atoms with E-state index < -0.39 is 0 Å². The van der Waals surface area contributed by atoms with Crippen LogP contribution < -0.4 is 0 Å². The van der Waals surface area contributed by atoms with Crippen LogP contribution in [0.25, 0.3) is 0 Å². The SMILES string of the molecule is CC(C)n1nc(Br)nc1C1CC1. The maximum absolute atomic E-state index is 4.36. The Morgan fingerprint density at radius 2 is 2.17 bits per heavy atom. The minimum atomic E-state index is 0.416. The van der Waals surface area contributed by atoms with Crippen LogP contribution in [0.15, 0.2) is 4.73 Å². The molecule has 1 aromatic rings. The minimum absolute atomic E-state index is 0.416. The molecule has 0 atom stereocenters. The molecule has 0 amide bonds. The van der Waals surface area contributed by atoms with Crippen molar-refractivity contribution < 1.29 is 0 Å². The van der Waals surface area contributed by atoms with E-state index in [4.69, 9.17) is 0 Å². The van der Waals surface area contributed by atoms with E-state index in [1.807, 2.05) is 4.68 Å². The maximum Gasteiger partial charge on any atom is 0.217 e. The Labute approximate surface area is 80.3 Å². The molecule has 1 aliphatic rings. The Morgan fingerprint density at radius 3 is 2.67 bits per heavy atom. The first kappa shape index (κ1) is 8.23. The zero-order chi connectivity index (χ0) is 8.72. The van der Waals surface area contributed by atoms with Crippen molar-refractivity contribution in [2.75, 3.05) is 0 Å². The average molecular weight is 230 g/mol. The smallest absolute Gasteiger partial charge is 0.217 e. The van der Waals surface area contributed by atoms with E-state index in [2.05, 4.69) is 39.9 Å². The summed E-state index contributed by atoms with van der Waals surface area (Å²) in [6, 6.07) is 0.416. The highest BCUT2D eigenvalue weighted by Crippen LogP contribution is 2.40. The summed E-state index contributed by atoms with van der Waals surface area (Å²) in [5, 5.41) is 4.29. The molecule has 1 fully saturated rings. The Kier molecular flexibility index (Phi) is 1.94. The summed E-state index contributed by atoms with van der Waals surface area (Å²) >= 11 is 3.30. The van der Waals surface area contributed by atoms with Crippen molar-refractivity contribution in [3.05, 3.63) is 10.6 Å². The lowest BCUT2D eigenvalue weighted by Crippen LogP contribution is -2.06. The summed E-state index contributed by atoms with van der Waals surface area (Å²) < 4.78 is 2.74. The van der Waals surface area contributed by atoms with E-state index in [1.165, 1.54) is 12.8 Å². The van der Waals surface area contributed by atoms with Gasteiger partial charge in [-0.3, -0.25) is 0 Å². The highest BCUT2D eigenvalue weighted by atomic mass is 79.9. The van der Waals surface area contributed by atoms with Gasteiger partial charge in [0, 0.05) is 12.0 Å². The Bertz CT molecular complexity index is 269. The second kappa shape index (κ2) is 2.83. The van der Waals surface area contributed by atoms with Crippen LogP contribution in [0, 0.1) is 0 Å². The van der Waals surface area contributed by atoms with Gasteiger partial charge in [-0.05, 0) is 42.6 Å². The summed E-state index contributed by atoms with van der Waals surface area (Å²) in [7, 11) is 0. The molecule has 0 saturated heterocycles. The second-order valence-corrected chi connectivity index (χ2v) is 4.26. The van der Waals surface area contributed by atoms with Gasteiger partial charge in [0.25, 0.3) is 0 Å². The molecule has 1 saturated carbocycles. The van der Waals surface area contributed by atoms with Gasteiger partial charge in [0.05, 0.1) is 0 Å². The van der Waals surface area contributed by atoms with Crippen LogP contribution in [0.5, 0.6) is 0 Å². The van der Waals surface area contributed by atoms with Crippen molar-refractivity contribution in [2.24, 2.45) is 0 Å². The fraction of sp³-hybridized carbons (Fsp3) is 0.750.